The van der Waals surface area contributed by atoms with Crippen molar-refractivity contribution in [3.63, 3.8) is 0 Å². The van der Waals surface area contributed by atoms with E-state index in [9.17, 15) is 4.79 Å². The van der Waals surface area contributed by atoms with E-state index in [0.29, 0.717) is 10.9 Å². The lowest BCUT2D eigenvalue weighted by molar-refractivity contribution is 0.0685. The third-order valence-corrected chi connectivity index (χ3v) is 2.86. The highest BCUT2D eigenvalue weighted by atomic mass is 32.2. The first kappa shape index (κ1) is 10.2. The smallest absolute Gasteiger partial charge is 0.352 e. The molecule has 1 rings (SSSR count). The lowest BCUT2D eigenvalue weighted by Crippen LogP contribution is -2.13. The van der Waals surface area contributed by atoms with Gasteiger partial charge in [0.25, 0.3) is 0 Å². The minimum Gasteiger partial charge on any atom is -0.477 e. The minimum absolute atomic E-state index is 0.362. The SMILES string of the molecule is CSC(C)Cn1cccc1C(=O)O. The van der Waals surface area contributed by atoms with E-state index in [4.69, 9.17) is 5.11 Å². The molecular weight excluding hydrogens is 186 g/mol. The van der Waals surface area contributed by atoms with Crippen LogP contribution >= 0.6 is 11.8 Å². The summed E-state index contributed by atoms with van der Waals surface area (Å²) in [4.78, 5) is 10.7. The van der Waals surface area contributed by atoms with Gasteiger partial charge in [-0.3, -0.25) is 0 Å². The van der Waals surface area contributed by atoms with Crippen LogP contribution in [0, 0.1) is 0 Å². The Morgan fingerprint density at radius 3 is 3.00 bits per heavy atom. The summed E-state index contributed by atoms with van der Waals surface area (Å²) >= 11 is 1.73. The third kappa shape index (κ3) is 2.52. The van der Waals surface area contributed by atoms with Crippen molar-refractivity contribution in [1.82, 2.24) is 4.57 Å². The molecule has 0 amide bonds. The van der Waals surface area contributed by atoms with Gasteiger partial charge in [0.05, 0.1) is 0 Å². The van der Waals surface area contributed by atoms with Crippen LogP contribution in [0.3, 0.4) is 0 Å². The molecule has 0 radical (unpaired) electrons. The number of hydrogen-bond acceptors (Lipinski definition) is 2. The van der Waals surface area contributed by atoms with Gasteiger partial charge < -0.3 is 9.67 Å². The molecular formula is C9H13NO2S. The van der Waals surface area contributed by atoms with Gasteiger partial charge in [-0.2, -0.15) is 11.8 Å². The van der Waals surface area contributed by atoms with E-state index in [1.807, 2.05) is 6.26 Å². The molecule has 0 spiro atoms. The number of carboxylic acids is 1. The van der Waals surface area contributed by atoms with Crippen LogP contribution in [0.5, 0.6) is 0 Å². The van der Waals surface area contributed by atoms with E-state index in [1.165, 1.54) is 0 Å². The summed E-state index contributed by atoms with van der Waals surface area (Å²) in [5.41, 5.74) is 0.362. The molecule has 0 bridgehead atoms. The second kappa shape index (κ2) is 4.37. The van der Waals surface area contributed by atoms with Gasteiger partial charge in [-0.25, -0.2) is 4.79 Å². The van der Waals surface area contributed by atoms with Gasteiger partial charge >= 0.3 is 5.97 Å². The van der Waals surface area contributed by atoms with Crippen LogP contribution in [0.2, 0.25) is 0 Å². The quantitative estimate of drug-likeness (QED) is 0.805. The maximum atomic E-state index is 10.7. The molecule has 1 unspecified atom stereocenters. The molecule has 0 aliphatic heterocycles. The highest BCUT2D eigenvalue weighted by Gasteiger charge is 2.10. The molecule has 1 aromatic rings. The summed E-state index contributed by atoms with van der Waals surface area (Å²) in [6.07, 6.45) is 3.82. The highest BCUT2D eigenvalue weighted by molar-refractivity contribution is 7.99. The maximum Gasteiger partial charge on any atom is 0.352 e. The van der Waals surface area contributed by atoms with Gasteiger partial charge in [-0.05, 0) is 18.4 Å². The summed E-state index contributed by atoms with van der Waals surface area (Å²) in [5.74, 6) is -0.863. The molecule has 0 aliphatic carbocycles. The number of aromatic nitrogens is 1. The van der Waals surface area contributed by atoms with Crippen molar-refractivity contribution in [2.45, 2.75) is 18.7 Å². The Kier molecular flexibility index (Phi) is 3.42. The minimum atomic E-state index is -0.863. The molecule has 1 heterocycles. The molecule has 72 valence electrons. The second-order valence-electron chi connectivity index (χ2n) is 2.90. The van der Waals surface area contributed by atoms with E-state index >= 15 is 0 Å². The van der Waals surface area contributed by atoms with Crippen LogP contribution in [0.1, 0.15) is 17.4 Å². The number of aromatic carboxylic acids is 1. The molecule has 0 fully saturated rings. The van der Waals surface area contributed by atoms with Crippen LogP contribution < -0.4 is 0 Å². The van der Waals surface area contributed by atoms with Gasteiger partial charge in [0.1, 0.15) is 5.69 Å². The normalized spacial score (nSPS) is 12.8. The molecule has 0 saturated carbocycles. The Balaban J connectivity index is 2.76. The first-order chi connectivity index (χ1) is 6.15. The molecule has 3 nitrogen and oxygen atoms in total. The molecule has 13 heavy (non-hydrogen) atoms. The largest absolute Gasteiger partial charge is 0.477 e. The third-order valence-electron chi connectivity index (χ3n) is 1.90. The number of hydrogen-bond donors (Lipinski definition) is 1. The topological polar surface area (TPSA) is 42.2 Å². The maximum absolute atomic E-state index is 10.7. The summed E-state index contributed by atoms with van der Waals surface area (Å²) in [6.45, 7) is 2.83. The van der Waals surface area contributed by atoms with Gasteiger partial charge in [-0.1, -0.05) is 6.92 Å². The number of carbonyl (C=O) groups is 1. The van der Waals surface area contributed by atoms with Gasteiger partial charge in [-0.15, -0.1) is 0 Å². The van der Waals surface area contributed by atoms with Crippen molar-refractivity contribution in [3.05, 3.63) is 24.0 Å². The fourth-order valence-corrected chi connectivity index (χ4v) is 1.43. The van der Waals surface area contributed by atoms with E-state index in [2.05, 4.69) is 6.92 Å². The van der Waals surface area contributed by atoms with Crippen LogP contribution in [-0.4, -0.2) is 27.1 Å². The number of carboxylic acid groups (broad SMARTS) is 1. The standard InChI is InChI=1S/C9H13NO2S/c1-7(13-2)6-10-5-3-4-8(10)9(11)12/h3-5,7H,6H2,1-2H3,(H,11,12). The van der Waals surface area contributed by atoms with Crippen LogP contribution in [0.15, 0.2) is 18.3 Å². The van der Waals surface area contributed by atoms with Crippen LogP contribution in [0.4, 0.5) is 0 Å². The van der Waals surface area contributed by atoms with Gasteiger partial charge in [0.15, 0.2) is 0 Å². The molecule has 1 atom stereocenters. The number of thioether (sulfide) groups is 1. The fraction of sp³-hybridized carbons (Fsp3) is 0.444. The van der Waals surface area contributed by atoms with E-state index in [1.54, 1.807) is 34.7 Å². The fourth-order valence-electron chi connectivity index (χ4n) is 1.12. The zero-order valence-electron chi connectivity index (χ0n) is 7.73. The monoisotopic (exact) mass is 199 g/mol. The Hall–Kier alpha value is -0.900. The van der Waals surface area contributed by atoms with Crippen molar-refractivity contribution in [2.24, 2.45) is 0 Å². The van der Waals surface area contributed by atoms with E-state index in [0.717, 1.165) is 6.54 Å². The zero-order chi connectivity index (χ0) is 9.84. The van der Waals surface area contributed by atoms with E-state index < -0.39 is 5.97 Å². The summed E-state index contributed by atoms with van der Waals surface area (Å²) in [6, 6.07) is 3.38. The predicted molar refractivity (Wildman–Crippen MR) is 54.4 cm³/mol. The second-order valence-corrected chi connectivity index (χ2v) is 4.17. The summed E-state index contributed by atoms with van der Waals surface area (Å²) < 4.78 is 1.77. The molecule has 0 aliphatic rings. The molecule has 0 aromatic carbocycles. The Morgan fingerprint density at radius 1 is 1.77 bits per heavy atom. The van der Waals surface area contributed by atoms with Crippen LogP contribution in [0.25, 0.3) is 0 Å². The summed E-state index contributed by atoms with van der Waals surface area (Å²) in [7, 11) is 0. The number of nitrogens with zero attached hydrogens (tertiary/aromatic N) is 1. The predicted octanol–water partition coefficient (Wildman–Crippen LogP) is 1.94. The Bertz CT molecular complexity index is 296. The lowest BCUT2D eigenvalue weighted by Gasteiger charge is -2.10. The lowest BCUT2D eigenvalue weighted by atomic mass is 10.4. The Labute approximate surface area is 81.8 Å². The van der Waals surface area contributed by atoms with Crippen molar-refractivity contribution >= 4 is 17.7 Å². The summed E-state index contributed by atoms with van der Waals surface area (Å²) in [5, 5.41) is 9.25. The first-order valence-electron chi connectivity index (χ1n) is 4.06. The molecule has 0 saturated heterocycles. The average Bonchev–Trinajstić information content (AvgIpc) is 2.52. The van der Waals surface area contributed by atoms with Crippen LogP contribution in [-0.2, 0) is 6.54 Å². The first-order valence-corrected chi connectivity index (χ1v) is 5.35. The van der Waals surface area contributed by atoms with Crippen molar-refractivity contribution in [2.75, 3.05) is 6.26 Å². The highest BCUT2D eigenvalue weighted by Crippen LogP contribution is 2.11. The molecule has 4 heteroatoms. The van der Waals surface area contributed by atoms with Gasteiger partial charge in [0, 0.05) is 18.0 Å². The Morgan fingerprint density at radius 2 is 2.46 bits per heavy atom. The van der Waals surface area contributed by atoms with Crippen molar-refractivity contribution < 1.29 is 9.90 Å². The van der Waals surface area contributed by atoms with Gasteiger partial charge in [0.2, 0.25) is 0 Å². The number of rotatable bonds is 4. The average molecular weight is 199 g/mol. The molecule has 1 N–H and O–H groups in total. The molecule has 1 aromatic heterocycles. The van der Waals surface area contributed by atoms with Crippen molar-refractivity contribution in [3.8, 4) is 0 Å². The van der Waals surface area contributed by atoms with E-state index in [-0.39, 0.29) is 0 Å². The van der Waals surface area contributed by atoms with Crippen molar-refractivity contribution in [1.29, 1.82) is 0 Å². The zero-order valence-corrected chi connectivity index (χ0v) is 8.54.